The van der Waals surface area contributed by atoms with Gasteiger partial charge in [0, 0.05) is 18.0 Å². The van der Waals surface area contributed by atoms with E-state index in [-0.39, 0.29) is 11.2 Å². The van der Waals surface area contributed by atoms with Crippen LogP contribution in [0, 0.1) is 5.92 Å². The van der Waals surface area contributed by atoms with E-state index in [1.807, 2.05) is 43.1 Å². The van der Waals surface area contributed by atoms with Gasteiger partial charge in [-0.15, -0.1) is 11.8 Å². The lowest BCUT2D eigenvalue weighted by Gasteiger charge is -2.27. The van der Waals surface area contributed by atoms with Crippen molar-refractivity contribution in [2.45, 2.75) is 42.9 Å². The van der Waals surface area contributed by atoms with Crippen LogP contribution in [0.4, 0.5) is 0 Å². The minimum absolute atomic E-state index is 0.105. The molecule has 104 valence electrons. The topological polar surface area (TPSA) is 20.3 Å². The molecule has 2 unspecified atom stereocenters. The van der Waals surface area contributed by atoms with Gasteiger partial charge in [0.25, 0.3) is 0 Å². The van der Waals surface area contributed by atoms with E-state index >= 15 is 0 Å². The van der Waals surface area contributed by atoms with Crippen LogP contribution in [0.1, 0.15) is 26.7 Å². The molecule has 2 nitrogen and oxygen atoms in total. The summed E-state index contributed by atoms with van der Waals surface area (Å²) in [6, 6.07) is 8.02. The molecule has 1 aliphatic rings. The zero-order valence-electron chi connectivity index (χ0n) is 11.6. The SMILES string of the molecule is CC(Sc1ccccc1Cl)C(=O)N(C)C(C)C1CC1. The number of hydrogen-bond donors (Lipinski definition) is 0. The van der Waals surface area contributed by atoms with Crippen LogP contribution in [-0.4, -0.2) is 29.1 Å². The second-order valence-electron chi connectivity index (χ2n) is 5.22. The number of amides is 1. The van der Waals surface area contributed by atoms with Gasteiger partial charge in [-0.3, -0.25) is 4.79 Å². The molecule has 1 amide bonds. The Morgan fingerprint density at radius 1 is 1.37 bits per heavy atom. The molecule has 19 heavy (non-hydrogen) atoms. The van der Waals surface area contributed by atoms with E-state index in [0.717, 1.165) is 4.90 Å². The summed E-state index contributed by atoms with van der Waals surface area (Å²) in [5, 5.41) is 0.608. The Morgan fingerprint density at radius 3 is 2.58 bits per heavy atom. The van der Waals surface area contributed by atoms with Crippen molar-refractivity contribution in [3.05, 3.63) is 29.3 Å². The van der Waals surface area contributed by atoms with Gasteiger partial charge in [-0.1, -0.05) is 23.7 Å². The molecule has 4 heteroatoms. The lowest BCUT2D eigenvalue weighted by atomic mass is 10.2. The Morgan fingerprint density at radius 2 is 2.00 bits per heavy atom. The van der Waals surface area contributed by atoms with Crippen LogP contribution in [0.5, 0.6) is 0 Å². The van der Waals surface area contributed by atoms with E-state index in [2.05, 4.69) is 6.92 Å². The monoisotopic (exact) mass is 297 g/mol. The van der Waals surface area contributed by atoms with Crippen molar-refractivity contribution >= 4 is 29.3 Å². The van der Waals surface area contributed by atoms with E-state index in [0.29, 0.717) is 17.0 Å². The van der Waals surface area contributed by atoms with Gasteiger partial charge in [-0.25, -0.2) is 0 Å². The fourth-order valence-corrected chi connectivity index (χ4v) is 3.42. The molecule has 0 aliphatic heterocycles. The first-order valence-electron chi connectivity index (χ1n) is 6.68. The van der Waals surface area contributed by atoms with Gasteiger partial charge in [0.15, 0.2) is 0 Å². The first kappa shape index (κ1) is 14.7. The summed E-state index contributed by atoms with van der Waals surface area (Å²) < 4.78 is 0. The van der Waals surface area contributed by atoms with Crippen molar-refractivity contribution in [1.29, 1.82) is 0 Å². The Kier molecular flexibility index (Phi) is 4.80. The number of carbonyl (C=O) groups excluding carboxylic acids is 1. The predicted molar refractivity (Wildman–Crippen MR) is 81.7 cm³/mol. The van der Waals surface area contributed by atoms with Crippen molar-refractivity contribution in [3.63, 3.8) is 0 Å². The molecule has 0 aromatic heterocycles. The van der Waals surface area contributed by atoms with Crippen LogP contribution in [0.25, 0.3) is 0 Å². The zero-order chi connectivity index (χ0) is 14.0. The van der Waals surface area contributed by atoms with Gasteiger partial charge in [-0.2, -0.15) is 0 Å². The van der Waals surface area contributed by atoms with Crippen molar-refractivity contribution in [1.82, 2.24) is 4.90 Å². The zero-order valence-corrected chi connectivity index (χ0v) is 13.2. The quantitative estimate of drug-likeness (QED) is 0.763. The van der Waals surface area contributed by atoms with E-state index in [9.17, 15) is 4.79 Å². The maximum Gasteiger partial charge on any atom is 0.235 e. The fourth-order valence-electron chi connectivity index (χ4n) is 2.16. The highest BCUT2D eigenvalue weighted by molar-refractivity contribution is 8.00. The van der Waals surface area contributed by atoms with E-state index < -0.39 is 0 Å². The molecule has 0 heterocycles. The molecule has 0 bridgehead atoms. The molecular formula is C15H20ClNOS. The Hall–Kier alpha value is -0.670. The summed E-state index contributed by atoms with van der Waals surface area (Å²) in [5.74, 6) is 0.885. The molecule has 1 aromatic rings. The highest BCUT2D eigenvalue weighted by atomic mass is 35.5. The first-order valence-corrected chi connectivity index (χ1v) is 7.94. The third-order valence-corrected chi connectivity index (χ3v) is 5.36. The van der Waals surface area contributed by atoms with Crippen molar-refractivity contribution in [2.75, 3.05) is 7.05 Å². The van der Waals surface area contributed by atoms with Crippen molar-refractivity contribution in [2.24, 2.45) is 5.92 Å². The number of thioether (sulfide) groups is 1. The standard InChI is InChI=1S/C15H20ClNOS/c1-10(12-8-9-12)17(3)15(18)11(2)19-14-7-5-4-6-13(14)16/h4-7,10-12H,8-9H2,1-3H3. The van der Waals surface area contributed by atoms with Gasteiger partial charge in [-0.05, 0) is 44.7 Å². The second-order valence-corrected chi connectivity index (χ2v) is 7.01. The number of carbonyl (C=O) groups is 1. The molecule has 0 saturated heterocycles. The molecular weight excluding hydrogens is 278 g/mol. The Balaban J connectivity index is 1.97. The van der Waals surface area contributed by atoms with Gasteiger partial charge < -0.3 is 4.90 Å². The van der Waals surface area contributed by atoms with E-state index in [1.165, 1.54) is 24.6 Å². The molecule has 0 N–H and O–H groups in total. The van der Waals surface area contributed by atoms with Crippen LogP contribution in [-0.2, 0) is 4.79 Å². The Labute approximate surface area is 124 Å². The number of nitrogens with zero attached hydrogens (tertiary/aromatic N) is 1. The first-order chi connectivity index (χ1) is 9.00. The summed E-state index contributed by atoms with van der Waals surface area (Å²) in [7, 11) is 1.91. The normalized spacial score (nSPS) is 17.9. The number of rotatable bonds is 5. The lowest BCUT2D eigenvalue weighted by molar-refractivity contribution is -0.131. The second kappa shape index (κ2) is 6.19. The number of halogens is 1. The molecule has 1 saturated carbocycles. The fraction of sp³-hybridized carbons (Fsp3) is 0.533. The highest BCUT2D eigenvalue weighted by Gasteiger charge is 2.33. The highest BCUT2D eigenvalue weighted by Crippen LogP contribution is 2.36. The molecule has 1 aromatic carbocycles. The van der Waals surface area contributed by atoms with Crippen molar-refractivity contribution in [3.8, 4) is 0 Å². The van der Waals surface area contributed by atoms with Crippen LogP contribution in [0.15, 0.2) is 29.2 Å². The minimum atomic E-state index is -0.105. The van der Waals surface area contributed by atoms with E-state index in [1.54, 1.807) is 0 Å². The van der Waals surface area contributed by atoms with Gasteiger partial charge in [0.1, 0.15) is 0 Å². The maximum absolute atomic E-state index is 12.4. The van der Waals surface area contributed by atoms with Crippen LogP contribution in [0.3, 0.4) is 0 Å². The smallest absolute Gasteiger partial charge is 0.235 e. The third kappa shape index (κ3) is 3.67. The summed E-state index contributed by atoms with van der Waals surface area (Å²) in [5.41, 5.74) is 0. The Bertz CT molecular complexity index is 461. The largest absolute Gasteiger partial charge is 0.342 e. The predicted octanol–water partition coefficient (Wildman–Crippen LogP) is 4.08. The average molecular weight is 298 g/mol. The van der Waals surface area contributed by atoms with E-state index in [4.69, 9.17) is 11.6 Å². The van der Waals surface area contributed by atoms with Gasteiger partial charge >= 0.3 is 0 Å². The molecule has 1 fully saturated rings. The summed E-state index contributed by atoms with van der Waals surface area (Å²) in [6.45, 7) is 4.09. The average Bonchev–Trinajstić information content (AvgIpc) is 3.23. The summed E-state index contributed by atoms with van der Waals surface area (Å²) in [6.07, 6.45) is 2.51. The lowest BCUT2D eigenvalue weighted by Crippen LogP contribution is -2.40. The molecule has 1 aliphatic carbocycles. The summed E-state index contributed by atoms with van der Waals surface area (Å²) >= 11 is 7.66. The number of hydrogen-bond acceptors (Lipinski definition) is 2. The summed E-state index contributed by atoms with van der Waals surface area (Å²) in [4.78, 5) is 15.3. The minimum Gasteiger partial charge on any atom is -0.342 e. The number of benzene rings is 1. The third-order valence-electron chi connectivity index (χ3n) is 3.75. The maximum atomic E-state index is 12.4. The van der Waals surface area contributed by atoms with Gasteiger partial charge in [0.2, 0.25) is 5.91 Å². The van der Waals surface area contributed by atoms with Crippen LogP contribution in [0.2, 0.25) is 5.02 Å². The molecule has 0 spiro atoms. The molecule has 2 atom stereocenters. The van der Waals surface area contributed by atoms with Crippen molar-refractivity contribution < 1.29 is 4.79 Å². The molecule has 0 radical (unpaired) electrons. The van der Waals surface area contributed by atoms with Gasteiger partial charge in [0.05, 0.1) is 10.3 Å². The van der Waals surface area contributed by atoms with Crippen LogP contribution >= 0.6 is 23.4 Å². The molecule has 2 rings (SSSR count). The van der Waals surface area contributed by atoms with Crippen LogP contribution < -0.4 is 0 Å².